The van der Waals surface area contributed by atoms with Gasteiger partial charge in [-0.25, -0.2) is 0 Å². The molecule has 0 unspecified atom stereocenters. The zero-order chi connectivity index (χ0) is 19.6. The summed E-state index contributed by atoms with van der Waals surface area (Å²) in [7, 11) is 0. The summed E-state index contributed by atoms with van der Waals surface area (Å²) in [6.45, 7) is 6.83. The molecule has 0 N–H and O–H groups in total. The van der Waals surface area contributed by atoms with Crippen molar-refractivity contribution in [2.24, 2.45) is 0 Å². The van der Waals surface area contributed by atoms with Crippen molar-refractivity contribution < 1.29 is 4.92 Å². The Balaban J connectivity index is 1.65. The molecular weight excluding hydrogens is 384 g/mol. The fraction of sp³-hybridized carbons (Fsp3) is 0.368. The van der Waals surface area contributed by atoms with E-state index in [1.165, 1.54) is 11.6 Å². The fourth-order valence-corrected chi connectivity index (χ4v) is 3.89. The molecule has 0 saturated carbocycles. The zero-order valence-corrected chi connectivity index (χ0v) is 16.9. The largest absolute Gasteiger partial charge is 0.362 e. The average Bonchev–Trinajstić information content (AvgIpc) is 2.61. The first-order valence-electron chi connectivity index (χ1n) is 8.74. The Kier molecular flexibility index (Phi) is 5.92. The van der Waals surface area contributed by atoms with Crippen molar-refractivity contribution in [2.75, 3.05) is 31.1 Å². The standard InChI is InChI=1S/C19H21ClN4O2S/c1-13-9-14(2)21-16(10-13)12-19(27)23-7-5-22(6-8-23)17-4-3-15(20)11-18(17)24(25)26/h3-4,9-11H,5-8,12H2,1-2H3. The molecule has 1 fully saturated rings. The number of nitrogens with zero attached hydrogens (tertiary/aromatic N) is 4. The van der Waals surface area contributed by atoms with Crippen molar-refractivity contribution >= 4 is 40.2 Å². The lowest BCUT2D eigenvalue weighted by molar-refractivity contribution is -0.384. The third-order valence-electron chi connectivity index (χ3n) is 4.59. The van der Waals surface area contributed by atoms with Crippen LogP contribution in [0.4, 0.5) is 11.4 Å². The summed E-state index contributed by atoms with van der Waals surface area (Å²) in [6.07, 6.45) is 0.638. The molecule has 0 spiro atoms. The van der Waals surface area contributed by atoms with E-state index in [0.717, 1.165) is 29.5 Å². The number of benzene rings is 1. The summed E-state index contributed by atoms with van der Waals surface area (Å²) < 4.78 is 0. The Labute approximate surface area is 168 Å². The number of aromatic nitrogens is 1. The van der Waals surface area contributed by atoms with E-state index < -0.39 is 0 Å². The summed E-state index contributed by atoms with van der Waals surface area (Å²) in [5.74, 6) is 0. The number of halogens is 1. The molecule has 142 valence electrons. The van der Waals surface area contributed by atoms with Crippen LogP contribution in [0.1, 0.15) is 17.0 Å². The van der Waals surface area contributed by atoms with E-state index in [2.05, 4.69) is 22.9 Å². The number of anilines is 1. The summed E-state index contributed by atoms with van der Waals surface area (Å²) in [5, 5.41) is 11.7. The first-order chi connectivity index (χ1) is 12.8. The second kappa shape index (κ2) is 8.19. The van der Waals surface area contributed by atoms with E-state index in [-0.39, 0.29) is 10.6 Å². The summed E-state index contributed by atoms with van der Waals surface area (Å²) in [4.78, 5) is 20.5. The Bertz CT molecular complexity index is 862. The van der Waals surface area contributed by atoms with Crippen LogP contribution < -0.4 is 4.90 Å². The van der Waals surface area contributed by atoms with Crippen LogP contribution in [0.3, 0.4) is 0 Å². The molecule has 0 radical (unpaired) electrons. The lowest BCUT2D eigenvalue weighted by Crippen LogP contribution is -2.48. The second-order valence-corrected chi connectivity index (χ2v) is 7.62. The quantitative estimate of drug-likeness (QED) is 0.436. The Morgan fingerprint density at radius 3 is 2.56 bits per heavy atom. The molecule has 0 atom stereocenters. The molecule has 1 aliphatic heterocycles. The van der Waals surface area contributed by atoms with Crippen LogP contribution in [-0.4, -0.2) is 46.0 Å². The molecule has 3 rings (SSSR count). The van der Waals surface area contributed by atoms with Crippen molar-refractivity contribution in [3.8, 4) is 0 Å². The Hall–Kier alpha value is -2.25. The number of thiocarbonyl (C=S) groups is 1. The molecule has 0 bridgehead atoms. The number of nitro groups is 1. The molecule has 1 aliphatic rings. The number of hydrogen-bond acceptors (Lipinski definition) is 5. The van der Waals surface area contributed by atoms with Crippen molar-refractivity contribution in [1.82, 2.24) is 9.88 Å². The van der Waals surface area contributed by atoms with Crippen LogP contribution in [0.5, 0.6) is 0 Å². The van der Waals surface area contributed by atoms with Gasteiger partial charge in [0.05, 0.1) is 9.91 Å². The predicted molar refractivity (Wildman–Crippen MR) is 112 cm³/mol. The third kappa shape index (κ3) is 4.73. The first-order valence-corrected chi connectivity index (χ1v) is 9.53. The van der Waals surface area contributed by atoms with E-state index >= 15 is 0 Å². The van der Waals surface area contributed by atoms with Crippen molar-refractivity contribution in [2.45, 2.75) is 20.3 Å². The SMILES string of the molecule is Cc1cc(C)nc(CC(=S)N2CCN(c3ccc(Cl)cc3[N+](=O)[O-])CC2)c1. The number of hydrogen-bond donors (Lipinski definition) is 0. The molecule has 27 heavy (non-hydrogen) atoms. The normalized spacial score (nSPS) is 14.3. The first kappa shape index (κ1) is 19.5. The highest BCUT2D eigenvalue weighted by Gasteiger charge is 2.25. The van der Waals surface area contributed by atoms with Gasteiger partial charge in [-0.05, 0) is 43.7 Å². The topological polar surface area (TPSA) is 62.5 Å². The van der Waals surface area contributed by atoms with Crippen LogP contribution in [0.2, 0.25) is 5.02 Å². The van der Waals surface area contributed by atoms with Crippen LogP contribution >= 0.6 is 23.8 Å². The van der Waals surface area contributed by atoms with Gasteiger partial charge < -0.3 is 9.80 Å². The van der Waals surface area contributed by atoms with Crippen molar-refractivity contribution in [3.05, 3.63) is 62.4 Å². The van der Waals surface area contributed by atoms with Crippen LogP contribution in [0.25, 0.3) is 0 Å². The van der Waals surface area contributed by atoms with E-state index in [9.17, 15) is 10.1 Å². The average molecular weight is 405 g/mol. The fourth-order valence-electron chi connectivity index (χ4n) is 3.39. The van der Waals surface area contributed by atoms with Crippen LogP contribution in [0.15, 0.2) is 30.3 Å². The molecule has 1 aromatic carbocycles. The van der Waals surface area contributed by atoms with E-state index in [4.69, 9.17) is 23.8 Å². The lowest BCUT2D eigenvalue weighted by Gasteiger charge is -2.37. The smallest absolute Gasteiger partial charge is 0.294 e. The zero-order valence-electron chi connectivity index (χ0n) is 15.3. The Morgan fingerprint density at radius 2 is 1.93 bits per heavy atom. The highest BCUT2D eigenvalue weighted by molar-refractivity contribution is 7.80. The minimum absolute atomic E-state index is 0.0398. The molecule has 2 aromatic rings. The molecule has 1 aromatic heterocycles. The van der Waals surface area contributed by atoms with Crippen molar-refractivity contribution in [3.63, 3.8) is 0 Å². The molecule has 0 amide bonds. The molecule has 8 heteroatoms. The monoisotopic (exact) mass is 404 g/mol. The Morgan fingerprint density at radius 1 is 1.22 bits per heavy atom. The van der Waals surface area contributed by atoms with E-state index in [1.807, 2.05) is 17.9 Å². The molecule has 6 nitrogen and oxygen atoms in total. The maximum atomic E-state index is 11.3. The minimum Gasteiger partial charge on any atom is -0.362 e. The van der Waals surface area contributed by atoms with Gasteiger partial charge in [-0.3, -0.25) is 15.1 Å². The molecule has 2 heterocycles. The number of rotatable bonds is 4. The third-order valence-corrected chi connectivity index (χ3v) is 5.23. The van der Waals surface area contributed by atoms with Crippen molar-refractivity contribution in [1.29, 1.82) is 0 Å². The highest BCUT2D eigenvalue weighted by Crippen LogP contribution is 2.31. The summed E-state index contributed by atoms with van der Waals surface area (Å²) in [6, 6.07) is 8.91. The minimum atomic E-state index is -0.385. The van der Waals surface area contributed by atoms with E-state index in [0.29, 0.717) is 30.2 Å². The van der Waals surface area contributed by atoms with Gasteiger partial charge in [0.25, 0.3) is 5.69 Å². The highest BCUT2D eigenvalue weighted by atomic mass is 35.5. The second-order valence-electron chi connectivity index (χ2n) is 6.71. The van der Waals surface area contributed by atoms with Crippen LogP contribution in [0, 0.1) is 24.0 Å². The van der Waals surface area contributed by atoms with Gasteiger partial charge in [-0.2, -0.15) is 0 Å². The maximum Gasteiger partial charge on any atom is 0.294 e. The summed E-state index contributed by atoms with van der Waals surface area (Å²) in [5.41, 5.74) is 3.80. The predicted octanol–water partition coefficient (Wildman–Crippen LogP) is 3.95. The van der Waals surface area contributed by atoms with Gasteiger partial charge >= 0.3 is 0 Å². The maximum absolute atomic E-state index is 11.3. The van der Waals surface area contributed by atoms with Crippen LogP contribution in [-0.2, 0) is 6.42 Å². The number of pyridine rings is 1. The lowest BCUT2D eigenvalue weighted by atomic mass is 10.1. The van der Waals surface area contributed by atoms with Gasteiger partial charge in [-0.15, -0.1) is 0 Å². The molecular formula is C19H21ClN4O2S. The number of aryl methyl sites for hydroxylation is 2. The number of piperazine rings is 1. The van der Waals surface area contributed by atoms with Gasteiger partial charge in [-0.1, -0.05) is 23.8 Å². The van der Waals surface area contributed by atoms with E-state index in [1.54, 1.807) is 12.1 Å². The van der Waals surface area contributed by atoms with Gasteiger partial charge in [0.15, 0.2) is 0 Å². The van der Waals surface area contributed by atoms with Gasteiger partial charge in [0.2, 0.25) is 0 Å². The molecule has 1 saturated heterocycles. The molecule has 0 aliphatic carbocycles. The number of nitro benzene ring substituents is 1. The summed E-state index contributed by atoms with van der Waals surface area (Å²) >= 11 is 11.5. The van der Waals surface area contributed by atoms with Gasteiger partial charge in [0.1, 0.15) is 5.69 Å². The van der Waals surface area contributed by atoms with Gasteiger partial charge in [0, 0.05) is 55.1 Å².